The van der Waals surface area contributed by atoms with Crippen molar-refractivity contribution in [3.63, 3.8) is 0 Å². The van der Waals surface area contributed by atoms with Crippen LogP contribution in [0.15, 0.2) is 43.0 Å². The molecule has 0 saturated heterocycles. The quantitative estimate of drug-likeness (QED) is 0.350. The van der Waals surface area contributed by atoms with E-state index in [1.807, 2.05) is 23.9 Å². The summed E-state index contributed by atoms with van der Waals surface area (Å²) in [5.74, 6) is 1.62. The number of aryl methyl sites for hydroxylation is 2. The Morgan fingerprint density at radius 1 is 1.06 bits per heavy atom. The van der Waals surface area contributed by atoms with Gasteiger partial charge in [0.2, 0.25) is 5.88 Å². The molecule has 0 radical (unpaired) electrons. The van der Waals surface area contributed by atoms with E-state index in [1.54, 1.807) is 7.11 Å². The largest absolute Gasteiger partial charge is 0.481 e. The maximum atomic E-state index is 11.2. The number of fused-ring (bicyclic) bond motifs is 1. The lowest BCUT2D eigenvalue weighted by atomic mass is 9.93. The van der Waals surface area contributed by atoms with Crippen LogP contribution in [0.1, 0.15) is 62.5 Å². The Bertz CT molecular complexity index is 1290. The van der Waals surface area contributed by atoms with Gasteiger partial charge >= 0.3 is 0 Å². The van der Waals surface area contributed by atoms with Crippen molar-refractivity contribution < 1.29 is 9.84 Å². The van der Waals surface area contributed by atoms with E-state index in [-0.39, 0.29) is 0 Å². The molecule has 1 N–H and O–H groups in total. The normalized spacial score (nSPS) is 12.5. The van der Waals surface area contributed by atoms with E-state index in [1.165, 1.54) is 23.0 Å². The van der Waals surface area contributed by atoms with Gasteiger partial charge in [0, 0.05) is 22.7 Å². The molecule has 0 aliphatic rings. The van der Waals surface area contributed by atoms with Gasteiger partial charge in [0.1, 0.15) is 12.1 Å². The van der Waals surface area contributed by atoms with Gasteiger partial charge in [-0.2, -0.15) is 0 Å². The average molecular weight is 459 g/mol. The number of hydrogen-bond donors (Lipinski definition) is 1. The van der Waals surface area contributed by atoms with Crippen molar-refractivity contribution in [2.75, 3.05) is 7.11 Å². The fourth-order valence-electron chi connectivity index (χ4n) is 4.75. The van der Waals surface area contributed by atoms with Gasteiger partial charge in [-0.25, -0.2) is 9.97 Å². The number of rotatable bonds is 8. The highest BCUT2D eigenvalue weighted by Gasteiger charge is 2.22. The number of aliphatic hydroxyl groups excluding tert-OH is 1. The number of pyridine rings is 1. The first-order valence-corrected chi connectivity index (χ1v) is 12.1. The molecule has 6 nitrogen and oxygen atoms in total. The van der Waals surface area contributed by atoms with Crippen LogP contribution in [0.2, 0.25) is 0 Å². The summed E-state index contributed by atoms with van der Waals surface area (Å²) in [7, 11) is 1.61. The van der Waals surface area contributed by atoms with Crippen molar-refractivity contribution in [3.8, 4) is 23.0 Å². The Balaban J connectivity index is 1.99. The molecule has 3 heterocycles. The molecular formula is C28H34N4O2. The van der Waals surface area contributed by atoms with Crippen molar-refractivity contribution in [2.45, 2.75) is 60.0 Å². The van der Waals surface area contributed by atoms with Gasteiger partial charge < -0.3 is 9.84 Å². The van der Waals surface area contributed by atoms with Gasteiger partial charge in [-0.15, -0.1) is 0 Å². The second-order valence-corrected chi connectivity index (χ2v) is 9.18. The molecule has 0 aliphatic carbocycles. The molecule has 178 valence electrons. The highest BCUT2D eigenvalue weighted by atomic mass is 16.5. The van der Waals surface area contributed by atoms with E-state index in [0.717, 1.165) is 46.4 Å². The Morgan fingerprint density at radius 2 is 1.76 bits per heavy atom. The molecule has 1 aromatic carbocycles. The summed E-state index contributed by atoms with van der Waals surface area (Å²) in [4.78, 5) is 13.7. The first-order chi connectivity index (χ1) is 16.4. The molecule has 6 heteroatoms. The predicted octanol–water partition coefficient (Wildman–Crippen LogP) is 6.00. The molecule has 1 atom stereocenters. The maximum absolute atomic E-state index is 11.2. The predicted molar refractivity (Wildman–Crippen MR) is 137 cm³/mol. The molecule has 0 spiro atoms. The minimum Gasteiger partial charge on any atom is -0.481 e. The summed E-state index contributed by atoms with van der Waals surface area (Å²) in [6.07, 6.45) is 7.36. The monoisotopic (exact) mass is 458 g/mol. The highest BCUT2D eigenvalue weighted by Crippen LogP contribution is 2.36. The Labute approximate surface area is 201 Å². The number of nitrogens with zero attached hydrogens (tertiary/aromatic N) is 4. The van der Waals surface area contributed by atoms with Crippen LogP contribution < -0.4 is 4.74 Å². The number of hydrogen-bond acceptors (Lipinski definition) is 5. The van der Waals surface area contributed by atoms with E-state index in [0.29, 0.717) is 18.2 Å². The molecule has 3 aromatic heterocycles. The molecule has 34 heavy (non-hydrogen) atoms. The summed E-state index contributed by atoms with van der Waals surface area (Å²) >= 11 is 0. The van der Waals surface area contributed by atoms with Crippen molar-refractivity contribution in [2.24, 2.45) is 5.92 Å². The Morgan fingerprint density at radius 3 is 2.38 bits per heavy atom. The zero-order valence-corrected chi connectivity index (χ0v) is 21.0. The standard InChI is InChI=1S/C28H34N4O2/c1-7-19-10-9-11-20(8-2)26(19)23-13-21-22(25(33)12-17(3)4)15-32(24(21)14-29-23)27-18(5)28(34-6)31-16-30-27/h9-11,13-17,25,33H,7-8,12H2,1-6H3. The molecule has 0 aliphatic heterocycles. The van der Waals surface area contributed by atoms with Gasteiger partial charge in [-0.1, -0.05) is 45.9 Å². The van der Waals surface area contributed by atoms with E-state index in [9.17, 15) is 5.11 Å². The summed E-state index contributed by atoms with van der Waals surface area (Å²) in [6, 6.07) is 8.61. The second kappa shape index (κ2) is 9.94. The number of ether oxygens (including phenoxy) is 1. The third-order valence-corrected chi connectivity index (χ3v) is 6.46. The summed E-state index contributed by atoms with van der Waals surface area (Å²) in [6.45, 7) is 10.5. The van der Waals surface area contributed by atoms with Gasteiger partial charge in [0.05, 0.1) is 36.2 Å². The summed E-state index contributed by atoms with van der Waals surface area (Å²) in [5, 5.41) is 12.2. The first kappa shape index (κ1) is 23.9. The molecule has 4 aromatic rings. The zero-order chi connectivity index (χ0) is 24.4. The van der Waals surface area contributed by atoms with E-state index in [4.69, 9.17) is 9.72 Å². The third kappa shape index (κ3) is 4.30. The molecule has 0 fully saturated rings. The molecule has 0 saturated carbocycles. The third-order valence-electron chi connectivity index (χ3n) is 6.46. The number of aliphatic hydroxyl groups is 1. The van der Waals surface area contributed by atoms with Crippen LogP contribution in [0.4, 0.5) is 0 Å². The van der Waals surface area contributed by atoms with Crippen molar-refractivity contribution in [3.05, 3.63) is 65.2 Å². The van der Waals surface area contributed by atoms with Gasteiger partial charge in [0.25, 0.3) is 0 Å². The highest BCUT2D eigenvalue weighted by molar-refractivity contribution is 5.89. The van der Waals surface area contributed by atoms with Crippen LogP contribution in [-0.2, 0) is 12.8 Å². The van der Waals surface area contributed by atoms with Crippen LogP contribution in [-0.4, -0.2) is 31.7 Å². The van der Waals surface area contributed by atoms with Crippen LogP contribution in [0.3, 0.4) is 0 Å². The fraction of sp³-hybridized carbons (Fsp3) is 0.393. The summed E-state index contributed by atoms with van der Waals surface area (Å²) in [5.41, 5.74) is 7.33. The lowest BCUT2D eigenvalue weighted by Gasteiger charge is -2.14. The van der Waals surface area contributed by atoms with E-state index >= 15 is 0 Å². The van der Waals surface area contributed by atoms with Gasteiger partial charge in [-0.3, -0.25) is 9.55 Å². The average Bonchev–Trinajstić information content (AvgIpc) is 3.22. The van der Waals surface area contributed by atoms with Gasteiger partial charge in [0.15, 0.2) is 0 Å². The molecule has 0 amide bonds. The first-order valence-electron chi connectivity index (χ1n) is 12.1. The minimum absolute atomic E-state index is 0.364. The zero-order valence-electron chi connectivity index (χ0n) is 21.0. The lowest BCUT2D eigenvalue weighted by molar-refractivity contribution is 0.152. The fourth-order valence-corrected chi connectivity index (χ4v) is 4.75. The number of methoxy groups -OCH3 is 1. The van der Waals surface area contributed by atoms with Crippen LogP contribution in [0.5, 0.6) is 5.88 Å². The van der Waals surface area contributed by atoms with Crippen LogP contribution >= 0.6 is 0 Å². The molecule has 4 rings (SSSR count). The van der Waals surface area contributed by atoms with Gasteiger partial charge in [-0.05, 0) is 49.3 Å². The van der Waals surface area contributed by atoms with Crippen molar-refractivity contribution in [1.29, 1.82) is 0 Å². The van der Waals surface area contributed by atoms with Crippen LogP contribution in [0.25, 0.3) is 28.0 Å². The topological polar surface area (TPSA) is 73.1 Å². The van der Waals surface area contributed by atoms with E-state index < -0.39 is 6.10 Å². The maximum Gasteiger partial charge on any atom is 0.221 e. The minimum atomic E-state index is -0.588. The molecular weight excluding hydrogens is 424 g/mol. The second-order valence-electron chi connectivity index (χ2n) is 9.18. The number of benzene rings is 1. The lowest BCUT2D eigenvalue weighted by Crippen LogP contribution is -2.04. The molecule has 0 bridgehead atoms. The van der Waals surface area contributed by atoms with Crippen LogP contribution in [0, 0.1) is 12.8 Å². The van der Waals surface area contributed by atoms with E-state index in [2.05, 4.69) is 61.9 Å². The summed E-state index contributed by atoms with van der Waals surface area (Å²) < 4.78 is 7.42. The smallest absolute Gasteiger partial charge is 0.221 e. The van der Waals surface area contributed by atoms with Crippen molar-refractivity contribution in [1.82, 2.24) is 19.5 Å². The van der Waals surface area contributed by atoms with Crippen molar-refractivity contribution >= 4 is 10.9 Å². The Kier molecular flexibility index (Phi) is 6.98. The number of aromatic nitrogens is 4. The molecule has 1 unspecified atom stereocenters. The SMILES string of the molecule is CCc1cccc(CC)c1-c1cc2c(C(O)CC(C)C)cn(-c3ncnc(OC)c3C)c2cn1. The Hall–Kier alpha value is -3.25.